The monoisotopic (exact) mass is 703 g/mol. The van der Waals surface area contributed by atoms with E-state index in [0.29, 0.717) is 24.1 Å². The lowest BCUT2D eigenvalue weighted by atomic mass is 10.0. The molecule has 1 aliphatic rings. The van der Waals surface area contributed by atoms with Gasteiger partial charge in [-0.25, -0.2) is 4.79 Å². The van der Waals surface area contributed by atoms with Crippen LogP contribution >= 0.6 is 0 Å². The Labute approximate surface area is 295 Å². The van der Waals surface area contributed by atoms with E-state index in [1.165, 1.54) is 17.9 Å². The van der Waals surface area contributed by atoms with Crippen molar-refractivity contribution in [3.05, 3.63) is 76.1 Å². The summed E-state index contributed by atoms with van der Waals surface area (Å²) in [5.41, 5.74) is 1.68. The van der Waals surface area contributed by atoms with Crippen LogP contribution in [0.1, 0.15) is 64.0 Å². The van der Waals surface area contributed by atoms with E-state index in [1.807, 2.05) is 44.2 Å². The molecule has 2 aromatic carbocycles. The second-order valence-corrected chi connectivity index (χ2v) is 13.3. The Morgan fingerprint density at radius 1 is 0.902 bits per heavy atom. The van der Waals surface area contributed by atoms with Crippen molar-refractivity contribution in [2.75, 3.05) is 11.9 Å². The van der Waals surface area contributed by atoms with Gasteiger partial charge in [-0.2, -0.15) is 0 Å². The number of fused-ring (bicyclic) bond motifs is 1. The fourth-order valence-corrected chi connectivity index (χ4v) is 6.05. The topological polar surface area (TPSA) is 204 Å². The number of aliphatic carboxylic acids is 1. The number of nitrogens with one attached hydrogen (secondary N) is 4. The molecule has 14 nitrogen and oxygen atoms in total. The molecule has 2 heterocycles. The molecule has 272 valence electrons. The van der Waals surface area contributed by atoms with Gasteiger partial charge in [-0.15, -0.1) is 0 Å². The summed E-state index contributed by atoms with van der Waals surface area (Å²) in [6.07, 6.45) is 0.611. The number of carboxylic acid groups (broad SMARTS) is 1. The third-order valence-electron chi connectivity index (χ3n) is 8.63. The number of carbonyl (C=O) groups is 6. The van der Waals surface area contributed by atoms with Crippen molar-refractivity contribution in [1.29, 1.82) is 0 Å². The molecule has 51 heavy (non-hydrogen) atoms. The molecular weight excluding hydrogens is 658 g/mol. The highest BCUT2D eigenvalue weighted by atomic mass is 16.4. The molecular formula is C37H45N5O9. The quantitative estimate of drug-likeness (QED) is 0.147. The van der Waals surface area contributed by atoms with Crippen LogP contribution in [0, 0.1) is 12.8 Å². The maximum Gasteiger partial charge on any atom is 0.336 e. The van der Waals surface area contributed by atoms with Crippen molar-refractivity contribution in [2.24, 2.45) is 5.92 Å². The van der Waals surface area contributed by atoms with Gasteiger partial charge in [0.2, 0.25) is 29.5 Å². The number of anilines is 1. The van der Waals surface area contributed by atoms with Crippen LogP contribution in [0.5, 0.6) is 0 Å². The van der Waals surface area contributed by atoms with Crippen molar-refractivity contribution in [1.82, 2.24) is 20.9 Å². The predicted octanol–water partition coefficient (Wildman–Crippen LogP) is 2.66. The van der Waals surface area contributed by atoms with Gasteiger partial charge >= 0.3 is 11.6 Å². The molecule has 0 saturated carbocycles. The van der Waals surface area contributed by atoms with Gasteiger partial charge in [-0.1, -0.05) is 44.2 Å². The van der Waals surface area contributed by atoms with E-state index >= 15 is 0 Å². The van der Waals surface area contributed by atoms with Gasteiger partial charge in [0.15, 0.2) is 0 Å². The molecule has 4 rings (SSSR count). The summed E-state index contributed by atoms with van der Waals surface area (Å²) in [6.45, 7) is 7.25. The first-order valence-corrected chi connectivity index (χ1v) is 17.0. The lowest BCUT2D eigenvalue weighted by molar-refractivity contribution is -0.142. The zero-order chi connectivity index (χ0) is 37.2. The van der Waals surface area contributed by atoms with Crippen LogP contribution < -0.4 is 26.9 Å². The number of amides is 5. The van der Waals surface area contributed by atoms with E-state index in [9.17, 15) is 33.6 Å². The molecule has 1 aromatic heterocycles. The van der Waals surface area contributed by atoms with E-state index in [1.54, 1.807) is 25.1 Å². The van der Waals surface area contributed by atoms with Crippen LogP contribution in [0.3, 0.4) is 0 Å². The van der Waals surface area contributed by atoms with Gasteiger partial charge in [0.1, 0.15) is 29.8 Å². The van der Waals surface area contributed by atoms with Crippen LogP contribution in [0.15, 0.2) is 63.8 Å². The first-order chi connectivity index (χ1) is 24.2. The Bertz CT molecular complexity index is 1820. The Balaban J connectivity index is 1.49. The average Bonchev–Trinajstić information content (AvgIpc) is 3.57. The second-order valence-electron chi connectivity index (χ2n) is 13.3. The lowest BCUT2D eigenvalue weighted by Gasteiger charge is -2.31. The molecule has 1 aliphatic heterocycles. The first-order valence-electron chi connectivity index (χ1n) is 17.0. The number of hydrogen-bond donors (Lipinski definition) is 5. The normalized spacial score (nSPS) is 15.9. The molecule has 0 aliphatic carbocycles. The van der Waals surface area contributed by atoms with Crippen molar-refractivity contribution in [3.63, 3.8) is 0 Å². The minimum Gasteiger partial charge on any atom is -0.481 e. The van der Waals surface area contributed by atoms with E-state index in [0.717, 1.165) is 16.5 Å². The summed E-state index contributed by atoms with van der Waals surface area (Å²) in [5.74, 6) is -3.89. The Hall–Kier alpha value is -5.53. The first kappa shape index (κ1) is 38.3. The lowest BCUT2D eigenvalue weighted by Crippen LogP contribution is -2.57. The highest BCUT2D eigenvalue weighted by Gasteiger charge is 2.39. The number of benzene rings is 2. The number of rotatable bonds is 15. The Morgan fingerprint density at radius 3 is 2.31 bits per heavy atom. The average molecular weight is 704 g/mol. The molecule has 14 heteroatoms. The Morgan fingerprint density at radius 2 is 1.63 bits per heavy atom. The number of nitrogens with zero attached hydrogens (tertiary/aromatic N) is 1. The third-order valence-corrected chi connectivity index (χ3v) is 8.63. The second kappa shape index (κ2) is 17.4. The van der Waals surface area contributed by atoms with Crippen molar-refractivity contribution < 1.29 is 38.3 Å². The minimum absolute atomic E-state index is 0.0133. The molecule has 3 aromatic rings. The van der Waals surface area contributed by atoms with Gasteiger partial charge in [-0.05, 0) is 62.3 Å². The number of hydrogen-bond acceptors (Lipinski definition) is 8. The fraction of sp³-hybridized carbons (Fsp3) is 0.432. The smallest absolute Gasteiger partial charge is 0.336 e. The van der Waals surface area contributed by atoms with Crippen LogP contribution in [0.2, 0.25) is 0 Å². The fourth-order valence-electron chi connectivity index (χ4n) is 6.05. The van der Waals surface area contributed by atoms with Gasteiger partial charge in [0.25, 0.3) is 0 Å². The van der Waals surface area contributed by atoms with E-state index < -0.39 is 65.3 Å². The van der Waals surface area contributed by atoms with E-state index in [4.69, 9.17) is 9.52 Å². The minimum atomic E-state index is -1.14. The largest absolute Gasteiger partial charge is 0.481 e. The summed E-state index contributed by atoms with van der Waals surface area (Å²) >= 11 is 0. The standard InChI is InChI=1S/C37H45N5O9/c1-21(2)17-28(41-34(47)23(4)38-31(43)14-15-32(44)45)37(50)42-16-8-11-29(42)36(49)40-27(19-24-9-6-5-7-10-24)35(48)39-25-12-13-26-22(3)18-33(46)51-30(26)20-25/h5-7,9-10,12-13,18,20-21,23,27-29H,8,11,14-17,19H2,1-4H3,(H,38,43)(H,39,48)(H,40,49)(H,41,47)(H,44,45)/t23-,27-,28-,29-/m0/s1. The van der Waals surface area contributed by atoms with Gasteiger partial charge in [0.05, 0.1) is 6.42 Å². The maximum absolute atomic E-state index is 13.9. The Kier molecular flexibility index (Phi) is 13.1. The van der Waals surface area contributed by atoms with E-state index in [2.05, 4.69) is 21.3 Å². The van der Waals surface area contributed by atoms with Crippen LogP contribution in [-0.4, -0.2) is 76.2 Å². The molecule has 0 unspecified atom stereocenters. The number of aryl methyl sites for hydroxylation is 1. The summed E-state index contributed by atoms with van der Waals surface area (Å²) in [6, 6.07) is 11.5. The molecule has 5 N–H and O–H groups in total. The zero-order valence-corrected chi connectivity index (χ0v) is 29.2. The van der Waals surface area contributed by atoms with Crippen LogP contribution in [0.4, 0.5) is 5.69 Å². The van der Waals surface area contributed by atoms with Crippen molar-refractivity contribution >= 4 is 52.2 Å². The molecule has 1 saturated heterocycles. The summed E-state index contributed by atoms with van der Waals surface area (Å²) in [5, 5.41) is 20.4. The molecule has 0 bridgehead atoms. The molecule has 0 radical (unpaired) electrons. The summed E-state index contributed by atoms with van der Waals surface area (Å²) in [4.78, 5) is 90.8. The SMILES string of the molecule is Cc1cc(=O)oc2cc(NC(=O)[C@H](Cc3ccccc3)NC(=O)[C@@H]3CCCN3C(=O)[C@H](CC(C)C)NC(=O)[C@H](C)NC(=O)CCC(=O)O)ccc12. The third kappa shape index (κ3) is 10.7. The number of likely N-dealkylation sites (tertiary alicyclic amines) is 1. The number of carboxylic acids is 1. The highest BCUT2D eigenvalue weighted by molar-refractivity contribution is 6.00. The molecule has 1 fully saturated rings. The molecule has 0 spiro atoms. The zero-order valence-electron chi connectivity index (χ0n) is 29.2. The van der Waals surface area contributed by atoms with Crippen molar-refractivity contribution in [2.45, 2.75) is 90.4 Å². The van der Waals surface area contributed by atoms with E-state index in [-0.39, 0.29) is 38.1 Å². The van der Waals surface area contributed by atoms with Crippen molar-refractivity contribution in [3.8, 4) is 0 Å². The van der Waals surface area contributed by atoms with Crippen LogP contribution in [-0.2, 0) is 35.2 Å². The van der Waals surface area contributed by atoms with Gasteiger partial charge in [0, 0.05) is 42.6 Å². The van der Waals surface area contributed by atoms with Gasteiger partial charge in [-0.3, -0.25) is 28.8 Å². The summed E-state index contributed by atoms with van der Waals surface area (Å²) in [7, 11) is 0. The van der Waals surface area contributed by atoms with Crippen LogP contribution in [0.25, 0.3) is 11.0 Å². The highest BCUT2D eigenvalue weighted by Crippen LogP contribution is 2.23. The summed E-state index contributed by atoms with van der Waals surface area (Å²) < 4.78 is 5.32. The molecule has 5 amide bonds. The number of carbonyl (C=O) groups excluding carboxylic acids is 5. The predicted molar refractivity (Wildman–Crippen MR) is 189 cm³/mol. The molecule has 4 atom stereocenters. The van der Waals surface area contributed by atoms with Gasteiger partial charge < -0.3 is 35.7 Å². The maximum atomic E-state index is 13.9.